The van der Waals surface area contributed by atoms with E-state index >= 15 is 0 Å². The molecule has 0 aliphatic carbocycles. The third kappa shape index (κ3) is 3.44. The van der Waals surface area contributed by atoms with Crippen molar-refractivity contribution >= 4 is 15.9 Å². The summed E-state index contributed by atoms with van der Waals surface area (Å²) in [6, 6.07) is 19.0. The summed E-state index contributed by atoms with van der Waals surface area (Å²) in [5, 5.41) is 3.60. The molecule has 0 radical (unpaired) electrons. The van der Waals surface area contributed by atoms with Gasteiger partial charge in [-0.25, -0.2) is 0 Å². The van der Waals surface area contributed by atoms with Gasteiger partial charge in [-0.3, -0.25) is 0 Å². The Hall–Kier alpha value is -1.12. The van der Waals surface area contributed by atoms with Crippen LogP contribution in [0.15, 0.2) is 59.1 Å². The third-order valence-corrected chi connectivity index (χ3v) is 3.67. The van der Waals surface area contributed by atoms with Gasteiger partial charge in [-0.2, -0.15) is 0 Å². The van der Waals surface area contributed by atoms with Gasteiger partial charge >= 0.3 is 0 Å². The van der Waals surface area contributed by atoms with Crippen LogP contribution < -0.4 is 5.32 Å². The first kappa shape index (κ1) is 13.3. The molecule has 0 bridgehead atoms. The molecule has 1 nitrogen and oxygen atoms in total. The molecule has 0 amide bonds. The summed E-state index contributed by atoms with van der Waals surface area (Å²) >= 11 is 3.47. The minimum absolute atomic E-state index is 0.0312. The highest BCUT2D eigenvalue weighted by Crippen LogP contribution is 2.22. The van der Waals surface area contributed by atoms with Crippen molar-refractivity contribution in [3.8, 4) is 0 Å². The summed E-state index contributed by atoms with van der Waals surface area (Å²) < 4.78 is 1.12. The lowest BCUT2D eigenvalue weighted by atomic mass is 9.94. The Morgan fingerprint density at radius 2 is 1.56 bits per heavy atom. The zero-order chi connectivity index (χ0) is 13.0. The second kappa shape index (κ2) is 5.68. The lowest BCUT2D eigenvalue weighted by molar-refractivity contribution is 0.401. The van der Waals surface area contributed by atoms with E-state index in [1.165, 1.54) is 11.1 Å². The predicted octanol–water partition coefficient (Wildman–Crippen LogP) is 4.47. The third-order valence-electron chi connectivity index (χ3n) is 3.14. The van der Waals surface area contributed by atoms with Crippen molar-refractivity contribution in [3.63, 3.8) is 0 Å². The Morgan fingerprint density at radius 1 is 0.944 bits per heavy atom. The molecule has 2 heteroatoms. The Labute approximate surface area is 117 Å². The van der Waals surface area contributed by atoms with Crippen molar-refractivity contribution in [2.45, 2.75) is 25.9 Å². The van der Waals surface area contributed by atoms with E-state index in [2.05, 4.69) is 83.6 Å². The molecule has 2 rings (SSSR count). The number of benzene rings is 2. The van der Waals surface area contributed by atoms with Gasteiger partial charge < -0.3 is 5.32 Å². The Balaban J connectivity index is 2.05. The molecule has 94 valence electrons. The largest absolute Gasteiger partial charge is 0.304 e. The normalized spacial score (nSPS) is 11.5. The van der Waals surface area contributed by atoms with Gasteiger partial charge in [0.25, 0.3) is 0 Å². The molecule has 0 saturated carbocycles. The van der Waals surface area contributed by atoms with Crippen molar-refractivity contribution in [2.75, 3.05) is 0 Å². The summed E-state index contributed by atoms with van der Waals surface area (Å²) in [4.78, 5) is 0. The van der Waals surface area contributed by atoms with E-state index in [1.54, 1.807) is 0 Å². The Bertz CT molecular complexity index is 488. The first-order valence-corrected chi connectivity index (χ1v) is 6.92. The molecular weight excluding hydrogens is 286 g/mol. The molecule has 2 aromatic rings. The van der Waals surface area contributed by atoms with Crippen molar-refractivity contribution in [2.24, 2.45) is 0 Å². The number of hydrogen-bond acceptors (Lipinski definition) is 1. The average Bonchev–Trinajstić information content (AvgIpc) is 2.38. The summed E-state index contributed by atoms with van der Waals surface area (Å²) in [6.45, 7) is 5.29. The van der Waals surface area contributed by atoms with Gasteiger partial charge in [0.1, 0.15) is 0 Å². The molecule has 0 fully saturated rings. The average molecular weight is 304 g/mol. The maximum absolute atomic E-state index is 3.60. The Kier molecular flexibility index (Phi) is 4.20. The molecule has 0 heterocycles. The second-order valence-electron chi connectivity index (χ2n) is 4.97. The van der Waals surface area contributed by atoms with E-state index < -0.39 is 0 Å². The fourth-order valence-electron chi connectivity index (χ4n) is 1.89. The minimum atomic E-state index is -0.0312. The number of nitrogens with one attached hydrogen (secondary N) is 1. The van der Waals surface area contributed by atoms with Crippen molar-refractivity contribution in [1.29, 1.82) is 0 Å². The summed E-state index contributed by atoms with van der Waals surface area (Å²) in [5.41, 5.74) is 2.57. The van der Waals surface area contributed by atoms with E-state index in [-0.39, 0.29) is 5.54 Å². The standard InChI is InChI=1S/C16H18BrN/c1-16(2,14-8-10-15(17)11-9-14)18-12-13-6-4-3-5-7-13/h3-11,18H,12H2,1-2H3. The van der Waals surface area contributed by atoms with E-state index in [1.807, 2.05) is 6.07 Å². The van der Waals surface area contributed by atoms with Gasteiger partial charge in [0, 0.05) is 16.6 Å². The van der Waals surface area contributed by atoms with Crippen LogP contribution in [0.3, 0.4) is 0 Å². The predicted molar refractivity (Wildman–Crippen MR) is 80.4 cm³/mol. The highest BCUT2D eigenvalue weighted by molar-refractivity contribution is 9.10. The van der Waals surface area contributed by atoms with Crippen molar-refractivity contribution < 1.29 is 0 Å². The lowest BCUT2D eigenvalue weighted by Gasteiger charge is -2.27. The highest BCUT2D eigenvalue weighted by atomic mass is 79.9. The van der Waals surface area contributed by atoms with E-state index in [9.17, 15) is 0 Å². The first-order valence-electron chi connectivity index (χ1n) is 6.13. The van der Waals surface area contributed by atoms with E-state index in [0.29, 0.717) is 0 Å². The van der Waals surface area contributed by atoms with Crippen LogP contribution >= 0.6 is 15.9 Å². The highest BCUT2D eigenvalue weighted by Gasteiger charge is 2.19. The molecule has 18 heavy (non-hydrogen) atoms. The van der Waals surface area contributed by atoms with Crippen LogP contribution in [0.1, 0.15) is 25.0 Å². The molecule has 2 aromatic carbocycles. The molecule has 0 atom stereocenters. The summed E-state index contributed by atoms with van der Waals surface area (Å²) in [7, 11) is 0. The molecule has 1 N–H and O–H groups in total. The van der Waals surface area contributed by atoms with Crippen LogP contribution in [0, 0.1) is 0 Å². The van der Waals surface area contributed by atoms with Gasteiger partial charge in [-0.15, -0.1) is 0 Å². The number of halogens is 1. The van der Waals surface area contributed by atoms with Crippen LogP contribution in [0.4, 0.5) is 0 Å². The van der Waals surface area contributed by atoms with Crippen molar-refractivity contribution in [1.82, 2.24) is 5.32 Å². The lowest BCUT2D eigenvalue weighted by Crippen LogP contribution is -2.35. The van der Waals surface area contributed by atoms with Gasteiger partial charge in [0.15, 0.2) is 0 Å². The van der Waals surface area contributed by atoms with Crippen LogP contribution in [-0.2, 0) is 12.1 Å². The molecule has 0 aliphatic heterocycles. The Morgan fingerprint density at radius 3 is 2.17 bits per heavy atom. The summed E-state index contributed by atoms with van der Waals surface area (Å²) in [5.74, 6) is 0. The van der Waals surface area contributed by atoms with E-state index in [4.69, 9.17) is 0 Å². The van der Waals surface area contributed by atoms with Gasteiger partial charge in [-0.05, 0) is 37.1 Å². The van der Waals surface area contributed by atoms with Gasteiger partial charge in [0.05, 0.1) is 0 Å². The quantitative estimate of drug-likeness (QED) is 0.878. The van der Waals surface area contributed by atoms with E-state index in [0.717, 1.165) is 11.0 Å². The first-order chi connectivity index (χ1) is 8.58. The molecule has 0 saturated heterocycles. The summed E-state index contributed by atoms with van der Waals surface area (Å²) in [6.07, 6.45) is 0. The number of hydrogen-bond donors (Lipinski definition) is 1. The minimum Gasteiger partial charge on any atom is -0.304 e. The molecular formula is C16H18BrN. The molecule has 0 unspecified atom stereocenters. The second-order valence-corrected chi connectivity index (χ2v) is 5.89. The molecule has 0 spiro atoms. The smallest absolute Gasteiger partial charge is 0.0380 e. The molecule has 0 aromatic heterocycles. The fourth-order valence-corrected chi connectivity index (χ4v) is 2.15. The zero-order valence-electron chi connectivity index (χ0n) is 10.8. The maximum Gasteiger partial charge on any atom is 0.0380 e. The van der Waals surface area contributed by atoms with Crippen LogP contribution in [-0.4, -0.2) is 0 Å². The fraction of sp³-hybridized carbons (Fsp3) is 0.250. The van der Waals surface area contributed by atoms with Gasteiger partial charge in [0.2, 0.25) is 0 Å². The molecule has 0 aliphatic rings. The monoisotopic (exact) mass is 303 g/mol. The SMILES string of the molecule is CC(C)(NCc1ccccc1)c1ccc(Br)cc1. The van der Waals surface area contributed by atoms with Crippen LogP contribution in [0.25, 0.3) is 0 Å². The van der Waals surface area contributed by atoms with Crippen molar-refractivity contribution in [3.05, 3.63) is 70.2 Å². The zero-order valence-corrected chi connectivity index (χ0v) is 12.4. The topological polar surface area (TPSA) is 12.0 Å². The van der Waals surface area contributed by atoms with Crippen LogP contribution in [0.5, 0.6) is 0 Å². The number of rotatable bonds is 4. The van der Waals surface area contributed by atoms with Crippen LogP contribution in [0.2, 0.25) is 0 Å². The van der Waals surface area contributed by atoms with Gasteiger partial charge in [-0.1, -0.05) is 58.4 Å². The maximum atomic E-state index is 3.60.